The smallest absolute Gasteiger partial charge is 0.255 e. The second kappa shape index (κ2) is 8.70. The predicted molar refractivity (Wildman–Crippen MR) is 111 cm³/mol. The quantitative estimate of drug-likeness (QED) is 0.721. The third-order valence-corrected chi connectivity index (χ3v) is 4.75. The fourth-order valence-corrected chi connectivity index (χ4v) is 3.14. The fraction of sp³-hybridized carbons (Fsp3) is 0.227. The number of aromatic nitrogens is 2. The van der Waals surface area contributed by atoms with Crippen molar-refractivity contribution in [3.63, 3.8) is 0 Å². The minimum absolute atomic E-state index is 0.185. The van der Waals surface area contributed by atoms with Crippen LogP contribution in [0.25, 0.3) is 11.3 Å². The largest absolute Gasteiger partial charge is 0.497 e. The van der Waals surface area contributed by atoms with E-state index in [-0.39, 0.29) is 5.91 Å². The van der Waals surface area contributed by atoms with E-state index in [1.54, 1.807) is 37.4 Å². The third-order valence-electron chi connectivity index (χ3n) is 4.75. The van der Waals surface area contributed by atoms with Crippen molar-refractivity contribution in [1.29, 1.82) is 0 Å². The standard InChI is InChI=1S/C22H22N4O3/c1-28-19-7-5-18(6-8-19)23-22(27)17-4-2-3-16(15-17)20-9-10-21(25-24-20)26-11-13-29-14-12-26/h2-10,15H,11-14H2,1H3,(H,23,27). The minimum Gasteiger partial charge on any atom is -0.497 e. The van der Waals surface area contributed by atoms with Crippen LogP contribution in [0.3, 0.4) is 0 Å². The summed E-state index contributed by atoms with van der Waals surface area (Å²) in [5, 5.41) is 11.6. The lowest BCUT2D eigenvalue weighted by atomic mass is 10.1. The number of hydrogen-bond acceptors (Lipinski definition) is 6. The number of benzene rings is 2. The van der Waals surface area contributed by atoms with Gasteiger partial charge in [-0.05, 0) is 48.5 Å². The maximum Gasteiger partial charge on any atom is 0.255 e. The number of ether oxygens (including phenoxy) is 2. The molecule has 0 unspecified atom stereocenters. The Labute approximate surface area is 169 Å². The average molecular weight is 390 g/mol. The molecule has 1 aromatic heterocycles. The van der Waals surface area contributed by atoms with Gasteiger partial charge in [0.2, 0.25) is 0 Å². The molecular formula is C22H22N4O3. The summed E-state index contributed by atoms with van der Waals surface area (Å²) in [7, 11) is 1.61. The molecule has 0 atom stereocenters. The lowest BCUT2D eigenvalue weighted by Gasteiger charge is -2.27. The first-order valence-corrected chi connectivity index (χ1v) is 9.45. The first-order valence-electron chi connectivity index (χ1n) is 9.45. The molecule has 0 saturated carbocycles. The number of carbonyl (C=O) groups is 1. The Kier molecular flexibility index (Phi) is 5.67. The fourth-order valence-electron chi connectivity index (χ4n) is 3.14. The molecule has 0 aliphatic carbocycles. The number of anilines is 2. The molecule has 2 aromatic carbocycles. The van der Waals surface area contributed by atoms with E-state index in [1.165, 1.54) is 0 Å². The molecule has 1 N–H and O–H groups in total. The van der Waals surface area contributed by atoms with Crippen molar-refractivity contribution in [2.75, 3.05) is 43.6 Å². The number of rotatable bonds is 5. The summed E-state index contributed by atoms with van der Waals surface area (Å²) in [5.41, 5.74) is 2.82. The SMILES string of the molecule is COc1ccc(NC(=O)c2cccc(-c3ccc(N4CCOCC4)nn3)c2)cc1. The molecule has 7 nitrogen and oxygen atoms in total. The lowest BCUT2D eigenvalue weighted by Crippen LogP contribution is -2.36. The molecule has 4 rings (SSSR count). The number of amides is 1. The molecule has 0 spiro atoms. The summed E-state index contributed by atoms with van der Waals surface area (Å²) >= 11 is 0. The van der Waals surface area contributed by atoms with Crippen molar-refractivity contribution in [3.05, 3.63) is 66.2 Å². The molecule has 1 aliphatic rings. The highest BCUT2D eigenvalue weighted by Crippen LogP contribution is 2.21. The summed E-state index contributed by atoms with van der Waals surface area (Å²) in [4.78, 5) is 14.8. The summed E-state index contributed by atoms with van der Waals surface area (Å²) in [6, 6.07) is 18.5. The Morgan fingerprint density at radius 3 is 2.52 bits per heavy atom. The van der Waals surface area contributed by atoms with Gasteiger partial charge in [0.15, 0.2) is 5.82 Å². The van der Waals surface area contributed by atoms with E-state index in [1.807, 2.05) is 30.3 Å². The van der Waals surface area contributed by atoms with Crippen LogP contribution in [-0.4, -0.2) is 49.5 Å². The van der Waals surface area contributed by atoms with Crippen LogP contribution in [0.5, 0.6) is 5.75 Å². The van der Waals surface area contributed by atoms with Crippen molar-refractivity contribution in [2.45, 2.75) is 0 Å². The second-order valence-electron chi connectivity index (χ2n) is 6.64. The zero-order chi connectivity index (χ0) is 20.1. The van der Waals surface area contributed by atoms with Crippen molar-refractivity contribution in [3.8, 4) is 17.0 Å². The van der Waals surface area contributed by atoms with Gasteiger partial charge in [0.25, 0.3) is 5.91 Å². The number of morpholine rings is 1. The van der Waals surface area contributed by atoms with E-state index in [2.05, 4.69) is 20.4 Å². The van der Waals surface area contributed by atoms with Gasteiger partial charge < -0.3 is 19.7 Å². The van der Waals surface area contributed by atoms with Crippen molar-refractivity contribution < 1.29 is 14.3 Å². The first kappa shape index (κ1) is 18.9. The van der Waals surface area contributed by atoms with Gasteiger partial charge in [-0.3, -0.25) is 4.79 Å². The molecule has 1 fully saturated rings. The van der Waals surface area contributed by atoms with Crippen LogP contribution in [0, 0.1) is 0 Å². The lowest BCUT2D eigenvalue weighted by molar-refractivity contribution is 0.102. The van der Waals surface area contributed by atoms with Crippen molar-refractivity contribution in [1.82, 2.24) is 10.2 Å². The van der Waals surface area contributed by atoms with Crippen LogP contribution >= 0.6 is 0 Å². The van der Waals surface area contributed by atoms with Gasteiger partial charge in [0.05, 0.1) is 26.0 Å². The molecule has 3 aromatic rings. The van der Waals surface area contributed by atoms with Crippen LogP contribution < -0.4 is 15.0 Å². The van der Waals surface area contributed by atoms with Gasteiger partial charge in [-0.25, -0.2) is 0 Å². The molecule has 0 radical (unpaired) electrons. The van der Waals surface area contributed by atoms with Crippen LogP contribution in [0.2, 0.25) is 0 Å². The van der Waals surface area contributed by atoms with Crippen LogP contribution in [0.15, 0.2) is 60.7 Å². The molecule has 2 heterocycles. The molecule has 7 heteroatoms. The highest BCUT2D eigenvalue weighted by atomic mass is 16.5. The topological polar surface area (TPSA) is 76.6 Å². The molecule has 0 bridgehead atoms. The number of methoxy groups -OCH3 is 1. The number of hydrogen-bond donors (Lipinski definition) is 1. The summed E-state index contributed by atoms with van der Waals surface area (Å²) in [6.07, 6.45) is 0. The zero-order valence-corrected chi connectivity index (χ0v) is 16.2. The highest BCUT2D eigenvalue weighted by molar-refractivity contribution is 6.04. The minimum atomic E-state index is -0.185. The summed E-state index contributed by atoms with van der Waals surface area (Å²) in [6.45, 7) is 3.04. The molecular weight excluding hydrogens is 368 g/mol. The molecule has 1 aliphatic heterocycles. The van der Waals surface area contributed by atoms with Crippen molar-refractivity contribution >= 4 is 17.4 Å². The number of carbonyl (C=O) groups excluding carboxylic acids is 1. The molecule has 29 heavy (non-hydrogen) atoms. The van der Waals surface area contributed by atoms with E-state index in [0.29, 0.717) is 24.5 Å². The van der Waals surface area contributed by atoms with Crippen LogP contribution in [0.4, 0.5) is 11.5 Å². The maximum atomic E-state index is 12.6. The van der Waals surface area contributed by atoms with Gasteiger partial charge in [-0.1, -0.05) is 12.1 Å². The monoisotopic (exact) mass is 390 g/mol. The van der Waals surface area contributed by atoms with Gasteiger partial charge in [0.1, 0.15) is 5.75 Å². The van der Waals surface area contributed by atoms with Gasteiger partial charge in [0, 0.05) is 29.9 Å². The average Bonchev–Trinajstić information content (AvgIpc) is 2.80. The molecule has 1 saturated heterocycles. The number of nitrogens with zero attached hydrogens (tertiary/aromatic N) is 3. The van der Waals surface area contributed by atoms with Gasteiger partial charge >= 0.3 is 0 Å². The van der Waals surface area contributed by atoms with E-state index in [0.717, 1.165) is 35.9 Å². The Morgan fingerprint density at radius 2 is 1.83 bits per heavy atom. The zero-order valence-electron chi connectivity index (χ0n) is 16.2. The molecule has 1 amide bonds. The Morgan fingerprint density at radius 1 is 1.03 bits per heavy atom. The first-order chi connectivity index (χ1) is 14.2. The second-order valence-corrected chi connectivity index (χ2v) is 6.64. The summed E-state index contributed by atoms with van der Waals surface area (Å²) in [5.74, 6) is 1.39. The number of nitrogens with one attached hydrogen (secondary N) is 1. The maximum absolute atomic E-state index is 12.6. The summed E-state index contributed by atoms with van der Waals surface area (Å²) < 4.78 is 10.5. The Bertz CT molecular complexity index is 968. The predicted octanol–water partition coefficient (Wildman–Crippen LogP) is 3.24. The van der Waals surface area contributed by atoms with Gasteiger partial charge in [-0.15, -0.1) is 10.2 Å². The van der Waals surface area contributed by atoms with E-state index in [4.69, 9.17) is 9.47 Å². The normalized spacial score (nSPS) is 13.8. The van der Waals surface area contributed by atoms with E-state index < -0.39 is 0 Å². The van der Waals surface area contributed by atoms with E-state index in [9.17, 15) is 4.79 Å². The van der Waals surface area contributed by atoms with Crippen molar-refractivity contribution in [2.24, 2.45) is 0 Å². The van der Waals surface area contributed by atoms with Gasteiger partial charge in [-0.2, -0.15) is 0 Å². The third kappa shape index (κ3) is 4.52. The van der Waals surface area contributed by atoms with E-state index >= 15 is 0 Å². The van der Waals surface area contributed by atoms with Crippen LogP contribution in [0.1, 0.15) is 10.4 Å². The highest BCUT2D eigenvalue weighted by Gasteiger charge is 2.14. The van der Waals surface area contributed by atoms with Crippen LogP contribution in [-0.2, 0) is 4.74 Å². The Balaban J connectivity index is 1.48. The molecule has 148 valence electrons. The Hall–Kier alpha value is -3.45.